The number of nitrogens with one attached hydrogen (secondary N) is 1. The molecule has 0 aromatic heterocycles. The van der Waals surface area contributed by atoms with Gasteiger partial charge in [-0.05, 0) is 72.3 Å². The molecule has 1 saturated heterocycles. The Morgan fingerprint density at radius 2 is 1.78 bits per heavy atom. The summed E-state index contributed by atoms with van der Waals surface area (Å²) in [7, 11) is 0. The van der Waals surface area contributed by atoms with E-state index in [1.165, 1.54) is 5.69 Å². The molecule has 0 saturated carbocycles. The lowest BCUT2D eigenvalue weighted by Gasteiger charge is -2.36. The van der Waals surface area contributed by atoms with E-state index < -0.39 is 0 Å². The van der Waals surface area contributed by atoms with Crippen molar-refractivity contribution in [3.05, 3.63) is 62.7 Å². The molecule has 0 aliphatic carbocycles. The number of carbonyl (C=O) groups is 1. The Hall–Kier alpha value is -1.31. The van der Waals surface area contributed by atoms with Crippen LogP contribution in [0.4, 0.5) is 5.69 Å². The summed E-state index contributed by atoms with van der Waals surface area (Å²) in [5.74, 6) is -0.0432. The van der Waals surface area contributed by atoms with Crippen LogP contribution in [0.2, 0.25) is 5.02 Å². The third-order valence-corrected chi connectivity index (χ3v) is 6.03. The van der Waals surface area contributed by atoms with E-state index in [0.29, 0.717) is 17.1 Å². The average molecular weight is 498 g/mol. The van der Waals surface area contributed by atoms with Crippen LogP contribution in [0.5, 0.6) is 0 Å². The van der Waals surface area contributed by atoms with Crippen molar-refractivity contribution in [2.45, 2.75) is 12.8 Å². The van der Waals surface area contributed by atoms with E-state index in [-0.39, 0.29) is 5.91 Å². The lowest BCUT2D eigenvalue weighted by Crippen LogP contribution is -2.46. The molecule has 2 aromatic rings. The molecular formula is C21H25ClIN3O. The number of benzene rings is 2. The maximum absolute atomic E-state index is 12.3. The molecule has 0 unspecified atom stereocenters. The maximum Gasteiger partial charge on any atom is 0.252 e. The van der Waals surface area contributed by atoms with Crippen molar-refractivity contribution in [2.24, 2.45) is 0 Å². The van der Waals surface area contributed by atoms with Crippen molar-refractivity contribution in [1.82, 2.24) is 10.2 Å². The highest BCUT2D eigenvalue weighted by Gasteiger charge is 2.16. The standard InChI is InChI=1S/C21H25ClIN3O/c22-17-8-9-20(23)19(16-17)21(27)24-10-4-5-11-25-12-14-26(15-13-25)18-6-2-1-3-7-18/h1-3,6-9,16H,4-5,10-15H2,(H,24,27). The fourth-order valence-corrected chi connectivity index (χ4v) is 4.05. The first kappa shape index (κ1) is 20.4. The van der Waals surface area contributed by atoms with Crippen molar-refractivity contribution < 1.29 is 4.79 Å². The molecule has 1 N–H and O–H groups in total. The van der Waals surface area contributed by atoms with Gasteiger partial charge in [-0.2, -0.15) is 0 Å². The van der Waals surface area contributed by atoms with Gasteiger partial charge in [-0.1, -0.05) is 29.8 Å². The SMILES string of the molecule is O=C(NCCCCN1CCN(c2ccccc2)CC1)c1cc(Cl)ccc1I. The first-order valence-electron chi connectivity index (χ1n) is 9.39. The van der Waals surface area contributed by atoms with Gasteiger partial charge in [-0.25, -0.2) is 0 Å². The van der Waals surface area contributed by atoms with Gasteiger partial charge in [-0.3, -0.25) is 9.69 Å². The van der Waals surface area contributed by atoms with Gasteiger partial charge in [0.2, 0.25) is 0 Å². The Balaban J connectivity index is 1.32. The van der Waals surface area contributed by atoms with Gasteiger partial charge in [0.25, 0.3) is 5.91 Å². The van der Waals surface area contributed by atoms with Crippen LogP contribution in [0.15, 0.2) is 48.5 Å². The number of nitrogens with zero attached hydrogens (tertiary/aromatic N) is 2. The van der Waals surface area contributed by atoms with Gasteiger partial charge in [0.1, 0.15) is 0 Å². The summed E-state index contributed by atoms with van der Waals surface area (Å²) in [4.78, 5) is 17.2. The lowest BCUT2D eigenvalue weighted by atomic mass is 10.2. The van der Waals surface area contributed by atoms with Crippen LogP contribution in [-0.4, -0.2) is 50.1 Å². The quantitative estimate of drug-likeness (QED) is 0.458. The minimum absolute atomic E-state index is 0.0432. The summed E-state index contributed by atoms with van der Waals surface area (Å²) >= 11 is 8.15. The van der Waals surface area contributed by atoms with Crippen LogP contribution in [0.1, 0.15) is 23.2 Å². The van der Waals surface area contributed by atoms with Crippen molar-refractivity contribution in [1.29, 1.82) is 0 Å². The van der Waals surface area contributed by atoms with Gasteiger partial charge >= 0.3 is 0 Å². The molecule has 6 heteroatoms. The number of para-hydroxylation sites is 1. The number of anilines is 1. The van der Waals surface area contributed by atoms with E-state index >= 15 is 0 Å². The van der Waals surface area contributed by atoms with Crippen LogP contribution in [0.3, 0.4) is 0 Å². The molecule has 3 rings (SSSR count). The summed E-state index contributed by atoms with van der Waals surface area (Å²) < 4.78 is 0.922. The van der Waals surface area contributed by atoms with E-state index in [4.69, 9.17) is 11.6 Å². The predicted octanol–water partition coefficient (Wildman–Crippen LogP) is 4.28. The van der Waals surface area contributed by atoms with Crippen LogP contribution in [-0.2, 0) is 0 Å². The molecule has 1 aliphatic heterocycles. The topological polar surface area (TPSA) is 35.6 Å². The first-order chi connectivity index (χ1) is 13.1. The Morgan fingerprint density at radius 1 is 1.04 bits per heavy atom. The van der Waals surface area contributed by atoms with Crippen molar-refractivity contribution in [3.8, 4) is 0 Å². The second-order valence-electron chi connectivity index (χ2n) is 6.75. The number of halogens is 2. The largest absolute Gasteiger partial charge is 0.369 e. The Bertz CT molecular complexity index is 748. The van der Waals surface area contributed by atoms with Crippen molar-refractivity contribution >= 4 is 45.8 Å². The fourth-order valence-electron chi connectivity index (χ4n) is 3.30. The predicted molar refractivity (Wildman–Crippen MR) is 121 cm³/mol. The number of unbranched alkanes of at least 4 members (excludes halogenated alkanes) is 1. The fraction of sp³-hybridized carbons (Fsp3) is 0.381. The minimum Gasteiger partial charge on any atom is -0.369 e. The number of carbonyl (C=O) groups excluding carboxylic acids is 1. The first-order valence-corrected chi connectivity index (χ1v) is 10.8. The molecular weight excluding hydrogens is 473 g/mol. The molecule has 1 heterocycles. The number of piperazine rings is 1. The monoisotopic (exact) mass is 497 g/mol. The third kappa shape index (κ3) is 6.09. The van der Waals surface area contributed by atoms with E-state index in [1.54, 1.807) is 12.1 Å². The Morgan fingerprint density at radius 3 is 2.52 bits per heavy atom. The van der Waals surface area contributed by atoms with Gasteiger partial charge in [0, 0.05) is 47.0 Å². The molecule has 0 spiro atoms. The van der Waals surface area contributed by atoms with Gasteiger partial charge in [-0.15, -0.1) is 0 Å². The highest BCUT2D eigenvalue weighted by atomic mass is 127. The molecule has 0 bridgehead atoms. The van der Waals surface area contributed by atoms with E-state index in [2.05, 4.69) is 68.0 Å². The molecule has 1 amide bonds. The smallest absolute Gasteiger partial charge is 0.252 e. The number of hydrogen-bond acceptors (Lipinski definition) is 3. The molecule has 4 nitrogen and oxygen atoms in total. The summed E-state index contributed by atoms with van der Waals surface area (Å²) in [6, 6.07) is 16.0. The van der Waals surface area contributed by atoms with Crippen molar-refractivity contribution in [3.63, 3.8) is 0 Å². The average Bonchev–Trinajstić information content (AvgIpc) is 2.70. The molecule has 0 atom stereocenters. The van der Waals surface area contributed by atoms with Crippen molar-refractivity contribution in [2.75, 3.05) is 44.2 Å². The summed E-state index contributed by atoms with van der Waals surface area (Å²) in [5, 5.41) is 3.60. The van der Waals surface area contributed by atoms with Gasteiger partial charge in [0.05, 0.1) is 5.56 Å². The van der Waals surface area contributed by atoms with Crippen LogP contribution < -0.4 is 10.2 Å². The van der Waals surface area contributed by atoms with Crippen LogP contribution in [0.25, 0.3) is 0 Å². The zero-order chi connectivity index (χ0) is 19.1. The highest BCUT2D eigenvalue weighted by Crippen LogP contribution is 2.18. The molecule has 144 valence electrons. The maximum atomic E-state index is 12.3. The van der Waals surface area contributed by atoms with Crippen LogP contribution in [0, 0.1) is 3.57 Å². The number of rotatable bonds is 7. The molecule has 1 fully saturated rings. The summed E-state index contributed by atoms with van der Waals surface area (Å²) in [6.07, 6.45) is 2.08. The zero-order valence-corrected chi connectivity index (χ0v) is 18.2. The van der Waals surface area contributed by atoms with E-state index in [1.807, 2.05) is 6.07 Å². The molecule has 1 aliphatic rings. The molecule has 0 radical (unpaired) electrons. The second kappa shape index (κ2) is 10.3. The van der Waals surface area contributed by atoms with Crippen LogP contribution >= 0.6 is 34.2 Å². The third-order valence-electron chi connectivity index (χ3n) is 4.85. The number of amides is 1. The Labute approximate surface area is 180 Å². The summed E-state index contributed by atoms with van der Waals surface area (Å²) in [6.45, 7) is 6.14. The van der Waals surface area contributed by atoms with Gasteiger partial charge in [0.15, 0.2) is 0 Å². The summed E-state index contributed by atoms with van der Waals surface area (Å²) in [5.41, 5.74) is 1.97. The minimum atomic E-state index is -0.0432. The highest BCUT2D eigenvalue weighted by molar-refractivity contribution is 14.1. The molecule has 27 heavy (non-hydrogen) atoms. The second-order valence-corrected chi connectivity index (χ2v) is 8.35. The Kier molecular flexibility index (Phi) is 7.79. The molecule has 2 aromatic carbocycles. The zero-order valence-electron chi connectivity index (χ0n) is 15.3. The lowest BCUT2D eigenvalue weighted by molar-refractivity contribution is 0.0951. The van der Waals surface area contributed by atoms with E-state index in [9.17, 15) is 4.79 Å². The number of hydrogen-bond donors (Lipinski definition) is 1. The normalized spacial score (nSPS) is 15.0. The van der Waals surface area contributed by atoms with E-state index in [0.717, 1.165) is 49.1 Å². The van der Waals surface area contributed by atoms with Gasteiger partial charge < -0.3 is 10.2 Å².